The fourth-order valence-corrected chi connectivity index (χ4v) is 4.46. The lowest BCUT2D eigenvalue weighted by Crippen LogP contribution is -2.40. The molecule has 0 aliphatic heterocycles. The average Bonchev–Trinajstić information content (AvgIpc) is 3.33. The zero-order chi connectivity index (χ0) is 18.9. The van der Waals surface area contributed by atoms with E-state index < -0.39 is 0 Å². The number of hydrogen-bond donors (Lipinski definition) is 2. The smallest absolute Gasteiger partial charge is 0.272 e. The molecule has 2 N–H and O–H groups in total. The minimum atomic E-state index is -0.0367. The molecule has 5 rings (SSSR count). The zero-order valence-electron chi connectivity index (χ0n) is 15.8. The molecule has 144 valence electrons. The molecule has 0 saturated heterocycles. The van der Waals surface area contributed by atoms with Crippen LogP contribution in [-0.4, -0.2) is 33.2 Å². The van der Waals surface area contributed by atoms with E-state index in [1.165, 1.54) is 0 Å². The summed E-state index contributed by atoms with van der Waals surface area (Å²) in [5.74, 6) is 0.879. The third-order valence-corrected chi connectivity index (χ3v) is 5.97. The normalized spacial score (nSPS) is 21.4. The Hall–Kier alpha value is -2.89. The predicted octanol–water partition coefficient (Wildman–Crippen LogP) is 3.57. The van der Waals surface area contributed by atoms with Crippen LogP contribution in [0.3, 0.4) is 0 Å². The Morgan fingerprint density at radius 3 is 2.93 bits per heavy atom. The molecule has 0 spiro atoms. The van der Waals surface area contributed by atoms with Crippen LogP contribution in [0, 0.1) is 0 Å². The van der Waals surface area contributed by atoms with Crippen molar-refractivity contribution in [3.63, 3.8) is 0 Å². The van der Waals surface area contributed by atoms with Crippen LogP contribution < -0.4 is 10.1 Å². The second-order valence-corrected chi connectivity index (χ2v) is 7.80. The number of fused-ring (bicyclic) bond motifs is 2. The number of aromatic nitrogens is 3. The number of carbonyl (C=O) groups excluding carboxylic acids is 1. The van der Waals surface area contributed by atoms with Gasteiger partial charge >= 0.3 is 0 Å². The van der Waals surface area contributed by atoms with Crippen molar-refractivity contribution in [1.29, 1.82) is 0 Å². The topological polar surface area (TPSA) is 79.9 Å². The first-order valence-corrected chi connectivity index (χ1v) is 10.1. The van der Waals surface area contributed by atoms with E-state index in [9.17, 15) is 4.79 Å². The van der Waals surface area contributed by atoms with E-state index in [-0.39, 0.29) is 18.1 Å². The van der Waals surface area contributed by atoms with Crippen molar-refractivity contribution < 1.29 is 9.53 Å². The van der Waals surface area contributed by atoms with Gasteiger partial charge in [0.2, 0.25) is 0 Å². The molecule has 0 atom stereocenters. The monoisotopic (exact) mass is 376 g/mol. The number of amides is 1. The van der Waals surface area contributed by atoms with Crippen LogP contribution >= 0.6 is 0 Å². The highest BCUT2D eigenvalue weighted by molar-refractivity contribution is 5.94. The number of nitrogens with one attached hydrogen (secondary N) is 2. The van der Waals surface area contributed by atoms with Crippen molar-refractivity contribution in [3.05, 3.63) is 53.6 Å². The summed E-state index contributed by atoms with van der Waals surface area (Å²) < 4.78 is 6.30. The lowest BCUT2D eigenvalue weighted by molar-refractivity contribution is 0.0889. The number of aromatic amines is 1. The maximum atomic E-state index is 12.6. The van der Waals surface area contributed by atoms with Gasteiger partial charge in [-0.3, -0.25) is 14.9 Å². The molecular formula is C22H24N4O2. The summed E-state index contributed by atoms with van der Waals surface area (Å²) in [6, 6.07) is 8.27. The maximum Gasteiger partial charge on any atom is 0.272 e. The van der Waals surface area contributed by atoms with Gasteiger partial charge in [-0.15, -0.1) is 0 Å². The SMILES string of the molecule is O=C(NC1CCC(Oc2cccc3cnccc23)CC1)c1n[nH]c2c1CCC2. The van der Waals surface area contributed by atoms with Gasteiger partial charge in [0.1, 0.15) is 5.75 Å². The quantitative estimate of drug-likeness (QED) is 0.730. The minimum Gasteiger partial charge on any atom is -0.490 e. The molecule has 2 aliphatic rings. The standard InChI is InChI=1S/C22H24N4O2/c27-22(21-18-4-2-5-19(18)25-26-21)24-15-7-9-16(10-8-15)28-20-6-1-3-14-13-23-12-11-17(14)20/h1,3,6,11-13,15-16H,2,4-5,7-10H2,(H,24,27)(H,25,26). The van der Waals surface area contributed by atoms with Crippen LogP contribution in [0.1, 0.15) is 53.8 Å². The molecule has 1 saturated carbocycles. The fraction of sp³-hybridized carbons (Fsp3) is 0.409. The molecule has 0 radical (unpaired) electrons. The third kappa shape index (κ3) is 3.23. The molecular weight excluding hydrogens is 352 g/mol. The number of carbonyl (C=O) groups is 1. The molecule has 28 heavy (non-hydrogen) atoms. The van der Waals surface area contributed by atoms with Gasteiger partial charge in [0.15, 0.2) is 5.69 Å². The average molecular weight is 376 g/mol. The molecule has 0 bridgehead atoms. The first-order chi connectivity index (χ1) is 13.8. The molecule has 1 fully saturated rings. The van der Waals surface area contributed by atoms with Crippen molar-refractivity contribution in [2.24, 2.45) is 0 Å². The fourth-order valence-electron chi connectivity index (χ4n) is 4.46. The molecule has 2 aliphatic carbocycles. The van der Waals surface area contributed by atoms with Gasteiger partial charge in [-0.2, -0.15) is 5.10 Å². The number of pyridine rings is 1. The number of H-pyrrole nitrogens is 1. The van der Waals surface area contributed by atoms with Crippen molar-refractivity contribution in [1.82, 2.24) is 20.5 Å². The Bertz CT molecular complexity index is 999. The van der Waals surface area contributed by atoms with Crippen LogP contribution in [0.2, 0.25) is 0 Å². The Balaban J connectivity index is 1.19. The zero-order valence-corrected chi connectivity index (χ0v) is 15.8. The van der Waals surface area contributed by atoms with E-state index in [0.717, 1.165) is 72.7 Å². The maximum absolute atomic E-state index is 12.6. The predicted molar refractivity (Wildman–Crippen MR) is 106 cm³/mol. The van der Waals surface area contributed by atoms with Crippen LogP contribution in [0.4, 0.5) is 0 Å². The van der Waals surface area contributed by atoms with Crippen LogP contribution in [-0.2, 0) is 12.8 Å². The van der Waals surface area contributed by atoms with Crippen LogP contribution in [0.25, 0.3) is 10.8 Å². The largest absolute Gasteiger partial charge is 0.490 e. The molecule has 2 aromatic heterocycles. The molecule has 0 unspecified atom stereocenters. The first-order valence-electron chi connectivity index (χ1n) is 10.1. The number of ether oxygens (including phenoxy) is 1. The van der Waals surface area contributed by atoms with Gasteiger partial charge in [-0.25, -0.2) is 0 Å². The summed E-state index contributed by atoms with van der Waals surface area (Å²) in [6.07, 6.45) is 10.6. The van der Waals surface area contributed by atoms with Gasteiger partial charge in [-0.1, -0.05) is 12.1 Å². The molecule has 3 aromatic rings. The van der Waals surface area contributed by atoms with Gasteiger partial charge in [-0.05, 0) is 57.1 Å². The van der Waals surface area contributed by atoms with E-state index in [1.54, 1.807) is 6.20 Å². The van der Waals surface area contributed by atoms with Crippen LogP contribution in [0.5, 0.6) is 5.75 Å². The highest BCUT2D eigenvalue weighted by Gasteiger charge is 2.27. The number of rotatable bonds is 4. The highest BCUT2D eigenvalue weighted by Crippen LogP contribution is 2.30. The second-order valence-electron chi connectivity index (χ2n) is 7.80. The van der Waals surface area contributed by atoms with E-state index in [0.29, 0.717) is 5.69 Å². The lowest BCUT2D eigenvalue weighted by atomic mass is 9.92. The van der Waals surface area contributed by atoms with Crippen molar-refractivity contribution in [2.45, 2.75) is 57.1 Å². The van der Waals surface area contributed by atoms with Gasteiger partial charge < -0.3 is 10.1 Å². The van der Waals surface area contributed by atoms with E-state index in [2.05, 4.69) is 20.5 Å². The van der Waals surface area contributed by atoms with E-state index in [1.807, 2.05) is 30.5 Å². The number of nitrogens with zero attached hydrogens (tertiary/aromatic N) is 2. The molecule has 2 heterocycles. The number of benzene rings is 1. The van der Waals surface area contributed by atoms with Gasteiger partial charge in [0.25, 0.3) is 5.91 Å². The van der Waals surface area contributed by atoms with Crippen LogP contribution in [0.15, 0.2) is 36.7 Å². The van der Waals surface area contributed by atoms with Crippen molar-refractivity contribution >= 4 is 16.7 Å². The second kappa shape index (κ2) is 7.26. The Kier molecular flexibility index (Phi) is 4.47. The summed E-state index contributed by atoms with van der Waals surface area (Å²) in [4.78, 5) is 16.8. The third-order valence-electron chi connectivity index (χ3n) is 5.97. The van der Waals surface area contributed by atoms with Crippen molar-refractivity contribution in [3.8, 4) is 5.75 Å². The van der Waals surface area contributed by atoms with Gasteiger partial charge in [0, 0.05) is 40.5 Å². The summed E-state index contributed by atoms with van der Waals surface area (Å²) in [5, 5.41) is 12.6. The molecule has 6 heteroatoms. The lowest BCUT2D eigenvalue weighted by Gasteiger charge is -2.29. The number of aryl methyl sites for hydroxylation is 1. The summed E-state index contributed by atoms with van der Waals surface area (Å²) in [7, 11) is 0. The Labute approximate surface area is 163 Å². The minimum absolute atomic E-state index is 0.0367. The molecule has 6 nitrogen and oxygen atoms in total. The summed E-state index contributed by atoms with van der Waals surface area (Å²) in [6.45, 7) is 0. The highest BCUT2D eigenvalue weighted by atomic mass is 16.5. The number of hydrogen-bond acceptors (Lipinski definition) is 4. The summed E-state index contributed by atoms with van der Waals surface area (Å²) >= 11 is 0. The van der Waals surface area contributed by atoms with E-state index >= 15 is 0 Å². The summed E-state index contributed by atoms with van der Waals surface area (Å²) in [5.41, 5.74) is 2.84. The van der Waals surface area contributed by atoms with Gasteiger partial charge in [0.05, 0.1) is 6.10 Å². The Morgan fingerprint density at radius 2 is 2.04 bits per heavy atom. The van der Waals surface area contributed by atoms with E-state index in [4.69, 9.17) is 4.74 Å². The first kappa shape index (κ1) is 17.2. The molecule has 1 amide bonds. The molecule has 1 aromatic carbocycles. The Morgan fingerprint density at radius 1 is 1.14 bits per heavy atom. The van der Waals surface area contributed by atoms with Crippen molar-refractivity contribution in [2.75, 3.05) is 0 Å².